The zero-order valence-electron chi connectivity index (χ0n) is 16.2. The molecule has 0 fully saturated rings. The highest BCUT2D eigenvalue weighted by atomic mass is 127. The van der Waals surface area contributed by atoms with Crippen LogP contribution in [0.2, 0.25) is 0 Å². The van der Waals surface area contributed by atoms with Crippen LogP contribution in [-0.2, 0) is 6.54 Å². The Morgan fingerprint density at radius 2 is 2.12 bits per heavy atom. The highest BCUT2D eigenvalue weighted by molar-refractivity contribution is 14.0. The third-order valence-electron chi connectivity index (χ3n) is 3.84. The lowest BCUT2D eigenvalue weighted by Gasteiger charge is -2.23. The molecule has 2 N–H and O–H groups in total. The van der Waals surface area contributed by atoms with Crippen molar-refractivity contribution in [3.8, 4) is 0 Å². The van der Waals surface area contributed by atoms with Gasteiger partial charge in [-0.1, -0.05) is 13.8 Å². The molecule has 0 bridgehead atoms. The maximum atomic E-state index is 5.55. The van der Waals surface area contributed by atoms with Crippen LogP contribution in [0.5, 0.6) is 0 Å². The number of rotatable bonds is 8. The Hall–Kier alpha value is -1.13. The first-order valence-electron chi connectivity index (χ1n) is 8.67. The van der Waals surface area contributed by atoms with E-state index >= 15 is 0 Å². The highest BCUT2D eigenvalue weighted by Gasteiger charge is 2.17. The fourth-order valence-corrected chi connectivity index (χ4v) is 3.24. The van der Waals surface area contributed by atoms with Gasteiger partial charge in [-0.25, -0.2) is 9.98 Å². The molecule has 26 heavy (non-hydrogen) atoms. The minimum atomic E-state index is 0. The number of furan rings is 1. The normalized spacial score (nSPS) is 13.0. The summed E-state index contributed by atoms with van der Waals surface area (Å²) in [6.45, 7) is 8.48. The third-order valence-corrected chi connectivity index (χ3v) is 4.69. The lowest BCUT2D eigenvalue weighted by atomic mass is 10.2. The van der Waals surface area contributed by atoms with Gasteiger partial charge >= 0.3 is 0 Å². The van der Waals surface area contributed by atoms with Crippen molar-refractivity contribution in [1.82, 2.24) is 20.5 Å². The minimum Gasteiger partial charge on any atom is -0.468 e. The Kier molecular flexibility index (Phi) is 10.2. The molecule has 0 radical (unpaired) electrons. The number of nitrogens with one attached hydrogen (secondary N) is 2. The van der Waals surface area contributed by atoms with Crippen molar-refractivity contribution in [3.63, 3.8) is 0 Å². The van der Waals surface area contributed by atoms with E-state index in [1.807, 2.05) is 26.2 Å². The summed E-state index contributed by atoms with van der Waals surface area (Å²) in [4.78, 5) is 11.4. The van der Waals surface area contributed by atoms with Gasteiger partial charge in [0.15, 0.2) is 5.96 Å². The van der Waals surface area contributed by atoms with Crippen molar-refractivity contribution in [3.05, 3.63) is 40.2 Å². The van der Waals surface area contributed by atoms with Gasteiger partial charge in [-0.05, 0) is 39.1 Å². The SMILES string of the molecule is CCNC(=NCc1nc(C(C)C)cs1)NCC(c1ccco1)N(C)C.I. The van der Waals surface area contributed by atoms with Crippen LogP contribution in [0.15, 0.2) is 33.2 Å². The van der Waals surface area contributed by atoms with Gasteiger partial charge in [0.05, 0.1) is 24.5 Å². The number of guanidine groups is 1. The molecule has 0 aliphatic rings. The fraction of sp³-hybridized carbons (Fsp3) is 0.556. The summed E-state index contributed by atoms with van der Waals surface area (Å²) in [5.41, 5.74) is 1.14. The van der Waals surface area contributed by atoms with Gasteiger partial charge in [0, 0.05) is 18.5 Å². The highest BCUT2D eigenvalue weighted by Crippen LogP contribution is 2.19. The van der Waals surface area contributed by atoms with E-state index in [9.17, 15) is 0 Å². The Bertz CT molecular complexity index is 654. The fourth-order valence-electron chi connectivity index (χ4n) is 2.36. The van der Waals surface area contributed by atoms with E-state index in [2.05, 4.69) is 51.7 Å². The van der Waals surface area contributed by atoms with E-state index in [-0.39, 0.29) is 30.0 Å². The van der Waals surface area contributed by atoms with Gasteiger partial charge in [-0.2, -0.15) is 0 Å². The number of thiazole rings is 1. The number of aliphatic imine (C=N–C) groups is 1. The van der Waals surface area contributed by atoms with Crippen molar-refractivity contribution in [2.75, 3.05) is 27.2 Å². The Labute approximate surface area is 177 Å². The molecule has 2 rings (SSSR count). The third kappa shape index (κ3) is 6.88. The van der Waals surface area contributed by atoms with E-state index in [4.69, 9.17) is 4.42 Å². The minimum absolute atomic E-state index is 0. The van der Waals surface area contributed by atoms with Crippen LogP contribution in [0.25, 0.3) is 0 Å². The lowest BCUT2D eigenvalue weighted by Crippen LogP contribution is -2.41. The van der Waals surface area contributed by atoms with Gasteiger partial charge in [0.2, 0.25) is 0 Å². The zero-order chi connectivity index (χ0) is 18.2. The van der Waals surface area contributed by atoms with Crippen LogP contribution in [0.3, 0.4) is 0 Å². The summed E-state index contributed by atoms with van der Waals surface area (Å²) in [5.74, 6) is 2.19. The summed E-state index contributed by atoms with van der Waals surface area (Å²) in [7, 11) is 4.09. The predicted octanol–water partition coefficient (Wildman–Crippen LogP) is 3.84. The number of halogens is 1. The Morgan fingerprint density at radius 1 is 1.35 bits per heavy atom. The molecule has 146 valence electrons. The molecule has 0 spiro atoms. The Balaban J connectivity index is 0.00000338. The van der Waals surface area contributed by atoms with Gasteiger partial charge in [0.1, 0.15) is 10.8 Å². The molecule has 0 aromatic carbocycles. The summed E-state index contributed by atoms with van der Waals surface area (Å²) in [5, 5.41) is 9.85. The molecule has 0 aliphatic heterocycles. The van der Waals surface area contributed by atoms with Gasteiger partial charge in [0.25, 0.3) is 0 Å². The van der Waals surface area contributed by atoms with Crippen molar-refractivity contribution in [1.29, 1.82) is 0 Å². The molecule has 1 atom stereocenters. The predicted molar refractivity (Wildman–Crippen MR) is 120 cm³/mol. The second kappa shape index (κ2) is 11.6. The summed E-state index contributed by atoms with van der Waals surface area (Å²) >= 11 is 1.67. The van der Waals surface area contributed by atoms with Crippen molar-refractivity contribution < 1.29 is 4.42 Å². The van der Waals surface area contributed by atoms with Gasteiger partial charge in [-0.15, -0.1) is 35.3 Å². The smallest absolute Gasteiger partial charge is 0.191 e. The Morgan fingerprint density at radius 3 is 2.65 bits per heavy atom. The molecule has 0 amide bonds. The van der Waals surface area contributed by atoms with E-state index in [0.29, 0.717) is 19.0 Å². The summed E-state index contributed by atoms with van der Waals surface area (Å²) < 4.78 is 5.55. The molecule has 8 heteroatoms. The van der Waals surface area contributed by atoms with Crippen molar-refractivity contribution in [2.45, 2.75) is 39.3 Å². The molecule has 0 saturated carbocycles. The first kappa shape index (κ1) is 22.9. The number of likely N-dealkylation sites (N-methyl/N-ethyl adjacent to an activating group) is 1. The summed E-state index contributed by atoms with van der Waals surface area (Å²) in [6.07, 6.45) is 1.71. The maximum absolute atomic E-state index is 5.55. The second-order valence-electron chi connectivity index (χ2n) is 6.39. The van der Waals surface area contributed by atoms with Crippen molar-refractivity contribution >= 4 is 41.3 Å². The lowest BCUT2D eigenvalue weighted by molar-refractivity contribution is 0.258. The van der Waals surface area contributed by atoms with E-state index in [1.165, 1.54) is 0 Å². The monoisotopic (exact) mass is 491 g/mol. The largest absolute Gasteiger partial charge is 0.468 e. The number of hydrogen-bond donors (Lipinski definition) is 2. The molecular formula is C18H30IN5OS. The molecule has 1 unspecified atom stereocenters. The maximum Gasteiger partial charge on any atom is 0.191 e. The molecule has 0 aliphatic carbocycles. The van der Waals surface area contributed by atoms with Crippen LogP contribution in [0.4, 0.5) is 0 Å². The van der Waals surface area contributed by atoms with Crippen molar-refractivity contribution in [2.24, 2.45) is 4.99 Å². The first-order chi connectivity index (χ1) is 12.0. The summed E-state index contributed by atoms with van der Waals surface area (Å²) in [6, 6.07) is 4.06. The second-order valence-corrected chi connectivity index (χ2v) is 7.33. The van der Waals surface area contributed by atoms with Crippen LogP contribution in [0.1, 0.15) is 49.2 Å². The van der Waals surface area contributed by atoms with E-state index in [0.717, 1.165) is 29.0 Å². The molecule has 2 aromatic heterocycles. The number of aromatic nitrogens is 1. The van der Waals surface area contributed by atoms with Crippen LogP contribution < -0.4 is 10.6 Å². The first-order valence-corrected chi connectivity index (χ1v) is 9.55. The van der Waals surface area contributed by atoms with Crippen LogP contribution >= 0.6 is 35.3 Å². The zero-order valence-corrected chi connectivity index (χ0v) is 19.3. The van der Waals surface area contributed by atoms with E-state index in [1.54, 1.807) is 17.6 Å². The van der Waals surface area contributed by atoms with Crippen LogP contribution in [-0.4, -0.2) is 43.0 Å². The number of nitrogens with zero attached hydrogens (tertiary/aromatic N) is 3. The number of hydrogen-bond acceptors (Lipinski definition) is 5. The quantitative estimate of drug-likeness (QED) is 0.334. The average Bonchev–Trinajstić information content (AvgIpc) is 3.24. The van der Waals surface area contributed by atoms with Gasteiger partial charge < -0.3 is 15.1 Å². The molecule has 6 nitrogen and oxygen atoms in total. The average molecular weight is 491 g/mol. The van der Waals surface area contributed by atoms with Gasteiger partial charge in [-0.3, -0.25) is 4.90 Å². The topological polar surface area (TPSA) is 65.7 Å². The molecule has 2 aromatic rings. The van der Waals surface area contributed by atoms with Crippen LogP contribution in [0, 0.1) is 0 Å². The molecular weight excluding hydrogens is 461 g/mol. The molecule has 0 saturated heterocycles. The van der Waals surface area contributed by atoms with E-state index < -0.39 is 0 Å². The molecule has 2 heterocycles. The standard InChI is InChI=1S/C18H29N5OS.HI/c1-6-19-18(21-11-17-22-14(12-25-17)13(2)3)20-10-15(23(4)5)16-8-7-9-24-16;/h7-9,12-13,15H,6,10-11H2,1-5H3,(H2,19,20,21);1H.